The SMILES string of the molecule is CC(Cl)C(=O)NC(=O)N(C)C(C)Cc1cccs1. The van der Waals surface area contributed by atoms with Gasteiger partial charge in [0.15, 0.2) is 0 Å². The molecule has 0 fully saturated rings. The number of likely N-dealkylation sites (N-methyl/N-ethyl adjacent to an activating group) is 1. The standard InChI is InChI=1S/C12H17ClN2O2S/c1-8(7-10-5-4-6-18-10)15(3)12(17)14-11(16)9(2)13/h4-6,8-9H,7H2,1-3H3,(H,14,16,17). The first kappa shape index (κ1) is 15.0. The Balaban J connectivity index is 2.50. The first-order chi connectivity index (χ1) is 8.41. The predicted molar refractivity (Wildman–Crippen MR) is 74.1 cm³/mol. The van der Waals surface area contributed by atoms with Crippen LogP contribution in [0.2, 0.25) is 0 Å². The topological polar surface area (TPSA) is 49.4 Å². The molecule has 0 aromatic carbocycles. The minimum Gasteiger partial charge on any atom is -0.324 e. The number of rotatable bonds is 4. The average Bonchev–Trinajstić information content (AvgIpc) is 2.80. The third-order valence-corrected chi connectivity index (χ3v) is 3.75. The number of nitrogens with zero attached hydrogens (tertiary/aromatic N) is 1. The number of halogens is 1. The molecule has 6 heteroatoms. The Kier molecular flexibility index (Phi) is 5.62. The lowest BCUT2D eigenvalue weighted by Crippen LogP contribution is -2.47. The summed E-state index contributed by atoms with van der Waals surface area (Å²) in [6, 6.07) is 3.60. The summed E-state index contributed by atoms with van der Waals surface area (Å²) in [4.78, 5) is 25.8. The van der Waals surface area contributed by atoms with E-state index in [2.05, 4.69) is 5.32 Å². The highest BCUT2D eigenvalue weighted by molar-refractivity contribution is 7.09. The molecule has 100 valence electrons. The van der Waals surface area contributed by atoms with Gasteiger partial charge in [-0.2, -0.15) is 0 Å². The third kappa shape index (κ3) is 4.31. The third-order valence-electron chi connectivity index (χ3n) is 2.65. The predicted octanol–water partition coefficient (Wildman–Crippen LogP) is 2.47. The molecule has 1 aromatic rings. The number of imide groups is 1. The molecule has 2 unspecified atom stereocenters. The molecule has 0 saturated carbocycles. The molecule has 0 saturated heterocycles. The summed E-state index contributed by atoms with van der Waals surface area (Å²) in [5.74, 6) is -0.475. The molecular formula is C12H17ClN2O2S. The fourth-order valence-electron chi connectivity index (χ4n) is 1.35. The van der Waals surface area contributed by atoms with Crippen LogP contribution in [-0.4, -0.2) is 35.3 Å². The Morgan fingerprint density at radius 1 is 1.50 bits per heavy atom. The van der Waals surface area contributed by atoms with Crippen LogP contribution in [0.4, 0.5) is 4.79 Å². The van der Waals surface area contributed by atoms with Crippen molar-refractivity contribution < 1.29 is 9.59 Å². The summed E-state index contributed by atoms with van der Waals surface area (Å²) >= 11 is 7.24. The van der Waals surface area contributed by atoms with Crippen molar-refractivity contribution in [2.45, 2.75) is 31.7 Å². The number of hydrogen-bond acceptors (Lipinski definition) is 3. The van der Waals surface area contributed by atoms with Crippen LogP contribution in [-0.2, 0) is 11.2 Å². The zero-order valence-corrected chi connectivity index (χ0v) is 12.2. The van der Waals surface area contributed by atoms with Crippen molar-refractivity contribution in [3.8, 4) is 0 Å². The Labute approximate surface area is 116 Å². The highest BCUT2D eigenvalue weighted by Crippen LogP contribution is 2.13. The molecule has 3 amide bonds. The molecule has 0 radical (unpaired) electrons. The molecule has 1 heterocycles. The Hall–Kier alpha value is -1.07. The average molecular weight is 289 g/mol. The van der Waals surface area contributed by atoms with E-state index < -0.39 is 17.3 Å². The van der Waals surface area contributed by atoms with E-state index in [1.807, 2.05) is 24.4 Å². The number of urea groups is 1. The highest BCUT2D eigenvalue weighted by atomic mass is 35.5. The number of nitrogens with one attached hydrogen (secondary N) is 1. The van der Waals surface area contributed by atoms with Crippen LogP contribution < -0.4 is 5.32 Å². The van der Waals surface area contributed by atoms with Crippen molar-refractivity contribution in [3.63, 3.8) is 0 Å². The smallest absolute Gasteiger partial charge is 0.324 e. The molecule has 1 N–H and O–H groups in total. The molecule has 4 nitrogen and oxygen atoms in total. The summed E-state index contributed by atoms with van der Waals surface area (Å²) in [5, 5.41) is 3.55. The second kappa shape index (κ2) is 6.75. The Morgan fingerprint density at radius 3 is 2.67 bits per heavy atom. The van der Waals surface area contributed by atoms with Gasteiger partial charge in [0.05, 0.1) is 0 Å². The lowest BCUT2D eigenvalue weighted by Gasteiger charge is -2.24. The van der Waals surface area contributed by atoms with Gasteiger partial charge in [0, 0.05) is 24.4 Å². The van der Waals surface area contributed by atoms with E-state index in [0.717, 1.165) is 6.42 Å². The van der Waals surface area contributed by atoms with Gasteiger partial charge in [-0.1, -0.05) is 6.07 Å². The van der Waals surface area contributed by atoms with Gasteiger partial charge in [0.2, 0.25) is 5.91 Å². The van der Waals surface area contributed by atoms with Crippen LogP contribution >= 0.6 is 22.9 Å². The van der Waals surface area contributed by atoms with Gasteiger partial charge in [0.25, 0.3) is 0 Å². The van der Waals surface area contributed by atoms with Gasteiger partial charge < -0.3 is 4.90 Å². The lowest BCUT2D eigenvalue weighted by atomic mass is 10.2. The monoisotopic (exact) mass is 288 g/mol. The van der Waals surface area contributed by atoms with Crippen LogP contribution in [0.15, 0.2) is 17.5 Å². The van der Waals surface area contributed by atoms with E-state index in [1.165, 1.54) is 16.7 Å². The van der Waals surface area contributed by atoms with Crippen LogP contribution in [0, 0.1) is 0 Å². The minimum absolute atomic E-state index is 0.0158. The number of carbonyl (C=O) groups excluding carboxylic acids is 2. The van der Waals surface area contributed by atoms with Crippen LogP contribution in [0.25, 0.3) is 0 Å². The van der Waals surface area contributed by atoms with Crippen molar-refractivity contribution in [3.05, 3.63) is 22.4 Å². The lowest BCUT2D eigenvalue weighted by molar-refractivity contribution is -0.119. The normalized spacial score (nSPS) is 13.8. The van der Waals surface area contributed by atoms with Crippen molar-refractivity contribution >= 4 is 34.9 Å². The highest BCUT2D eigenvalue weighted by Gasteiger charge is 2.20. The van der Waals surface area contributed by atoms with Gasteiger partial charge in [-0.15, -0.1) is 22.9 Å². The molecule has 1 rings (SSSR count). The van der Waals surface area contributed by atoms with E-state index >= 15 is 0 Å². The molecule has 0 spiro atoms. The fraction of sp³-hybridized carbons (Fsp3) is 0.500. The molecule has 0 aliphatic rings. The van der Waals surface area contributed by atoms with Gasteiger partial charge in [-0.25, -0.2) is 4.79 Å². The van der Waals surface area contributed by atoms with Crippen LogP contribution in [0.5, 0.6) is 0 Å². The van der Waals surface area contributed by atoms with Gasteiger partial charge in [-0.3, -0.25) is 10.1 Å². The van der Waals surface area contributed by atoms with E-state index in [9.17, 15) is 9.59 Å². The second-order valence-corrected chi connectivity index (χ2v) is 5.84. The number of alkyl halides is 1. The molecule has 0 aliphatic carbocycles. The van der Waals surface area contributed by atoms with Crippen LogP contribution in [0.1, 0.15) is 18.7 Å². The first-order valence-corrected chi connectivity index (χ1v) is 6.97. The molecule has 2 atom stereocenters. The quantitative estimate of drug-likeness (QED) is 0.865. The molecule has 18 heavy (non-hydrogen) atoms. The zero-order chi connectivity index (χ0) is 13.7. The molecular weight excluding hydrogens is 272 g/mol. The second-order valence-electron chi connectivity index (χ2n) is 4.15. The Bertz CT molecular complexity index is 406. The number of hydrogen-bond donors (Lipinski definition) is 1. The van der Waals surface area contributed by atoms with E-state index in [4.69, 9.17) is 11.6 Å². The summed E-state index contributed by atoms with van der Waals surface area (Å²) in [6.07, 6.45) is 0.770. The van der Waals surface area contributed by atoms with Crippen molar-refractivity contribution in [2.24, 2.45) is 0 Å². The fourth-order valence-corrected chi connectivity index (χ4v) is 2.23. The number of amides is 3. The largest absolute Gasteiger partial charge is 0.324 e. The number of thiophene rings is 1. The van der Waals surface area contributed by atoms with Crippen molar-refractivity contribution in [1.29, 1.82) is 0 Å². The maximum atomic E-state index is 11.8. The zero-order valence-electron chi connectivity index (χ0n) is 10.6. The van der Waals surface area contributed by atoms with Gasteiger partial charge >= 0.3 is 6.03 Å². The summed E-state index contributed by atoms with van der Waals surface area (Å²) in [6.45, 7) is 3.47. The van der Waals surface area contributed by atoms with Gasteiger partial charge in [-0.05, 0) is 25.3 Å². The van der Waals surface area contributed by atoms with E-state index in [-0.39, 0.29) is 6.04 Å². The summed E-state index contributed by atoms with van der Waals surface area (Å²) in [5.41, 5.74) is 0. The number of carbonyl (C=O) groups is 2. The maximum Gasteiger partial charge on any atom is 0.324 e. The molecule has 0 bridgehead atoms. The van der Waals surface area contributed by atoms with Crippen molar-refractivity contribution in [2.75, 3.05) is 7.05 Å². The van der Waals surface area contributed by atoms with Gasteiger partial charge in [0.1, 0.15) is 5.38 Å². The van der Waals surface area contributed by atoms with E-state index in [0.29, 0.717) is 0 Å². The first-order valence-electron chi connectivity index (χ1n) is 5.66. The molecule has 0 aliphatic heterocycles. The summed E-state index contributed by atoms with van der Waals surface area (Å²) < 4.78 is 0. The van der Waals surface area contributed by atoms with E-state index in [1.54, 1.807) is 18.4 Å². The maximum absolute atomic E-state index is 11.8. The van der Waals surface area contributed by atoms with Crippen molar-refractivity contribution in [1.82, 2.24) is 10.2 Å². The van der Waals surface area contributed by atoms with Crippen LogP contribution in [0.3, 0.4) is 0 Å². The minimum atomic E-state index is -0.713. The summed E-state index contributed by atoms with van der Waals surface area (Å²) in [7, 11) is 1.67. The molecule has 1 aromatic heterocycles. The Morgan fingerprint density at radius 2 is 2.17 bits per heavy atom.